The van der Waals surface area contributed by atoms with Crippen molar-refractivity contribution in [2.24, 2.45) is 0 Å². The normalized spacial score (nSPS) is 15.6. The van der Waals surface area contributed by atoms with Crippen molar-refractivity contribution in [3.8, 4) is 11.5 Å². The number of fused-ring (bicyclic) bond motifs is 2. The fourth-order valence-corrected chi connectivity index (χ4v) is 6.18. The van der Waals surface area contributed by atoms with E-state index in [2.05, 4.69) is 0 Å². The van der Waals surface area contributed by atoms with E-state index >= 15 is 0 Å². The maximum Gasteiger partial charge on any atom is 0.296 e. The lowest BCUT2D eigenvalue weighted by molar-refractivity contribution is -0.117. The summed E-state index contributed by atoms with van der Waals surface area (Å²) in [4.78, 5) is 33.6. The molecule has 0 saturated heterocycles. The number of Topliss-reactive ketones (excluding diaryl/α,β-unsaturated/α-hetero) is 1. The number of anilines is 1. The number of aromatic nitrogens is 1. The van der Waals surface area contributed by atoms with Gasteiger partial charge in [-0.3, -0.25) is 14.5 Å². The second kappa shape index (κ2) is 9.28. The molecule has 6 rings (SSSR count). The number of phenolic OH excluding ortho intramolecular Hbond substituents is 1. The van der Waals surface area contributed by atoms with Gasteiger partial charge in [-0.2, -0.15) is 0 Å². The summed E-state index contributed by atoms with van der Waals surface area (Å²) < 4.78 is 12.3. The molecule has 1 aliphatic rings. The number of furan rings is 1. The van der Waals surface area contributed by atoms with E-state index in [-0.39, 0.29) is 22.8 Å². The quantitative estimate of drug-likeness (QED) is 0.235. The maximum absolute atomic E-state index is 13.9. The molecule has 3 heterocycles. The minimum Gasteiger partial charge on any atom is -0.504 e. The van der Waals surface area contributed by atoms with E-state index in [0.29, 0.717) is 22.9 Å². The minimum absolute atomic E-state index is 0.00280. The molecule has 0 radical (unpaired) electrons. The molecule has 2 N–H and O–H groups in total. The number of hydrogen-bond donors (Lipinski definition) is 2. The number of hydrogen-bond acceptors (Lipinski definition) is 8. The van der Waals surface area contributed by atoms with Crippen LogP contribution in [0.5, 0.6) is 11.5 Å². The number of ketones is 1. The lowest BCUT2D eigenvalue weighted by Crippen LogP contribution is -2.31. The van der Waals surface area contributed by atoms with Crippen molar-refractivity contribution in [1.29, 1.82) is 0 Å². The molecule has 1 aliphatic heterocycles. The molecule has 0 bridgehead atoms. The molecule has 0 spiro atoms. The molecule has 39 heavy (non-hydrogen) atoms. The molecule has 9 heteroatoms. The van der Waals surface area contributed by atoms with Gasteiger partial charge in [-0.25, -0.2) is 4.98 Å². The lowest BCUT2D eigenvalue weighted by Gasteiger charge is -2.24. The first-order valence-corrected chi connectivity index (χ1v) is 13.2. The number of benzene rings is 3. The zero-order valence-electron chi connectivity index (χ0n) is 21.4. The van der Waals surface area contributed by atoms with E-state index in [9.17, 15) is 19.8 Å². The molecule has 0 saturated carbocycles. The smallest absolute Gasteiger partial charge is 0.296 e. The number of aromatic hydroxyl groups is 1. The number of carbonyl (C=O) groups excluding carboxylic acids is 2. The minimum atomic E-state index is -1.04. The van der Waals surface area contributed by atoms with Gasteiger partial charge in [0.25, 0.3) is 5.91 Å². The van der Waals surface area contributed by atoms with Crippen LogP contribution in [0.3, 0.4) is 0 Å². The fraction of sp³-hybridized carbons (Fsp3) is 0.167. The summed E-state index contributed by atoms with van der Waals surface area (Å²) in [7, 11) is 0. The molecule has 1 atom stereocenters. The Bertz CT molecular complexity index is 1800. The van der Waals surface area contributed by atoms with Crippen molar-refractivity contribution in [1.82, 2.24) is 4.98 Å². The molecule has 0 fully saturated rings. The summed E-state index contributed by atoms with van der Waals surface area (Å²) in [6.45, 7) is 6.01. The first kappa shape index (κ1) is 24.7. The van der Waals surface area contributed by atoms with Gasteiger partial charge < -0.3 is 19.4 Å². The van der Waals surface area contributed by atoms with Crippen molar-refractivity contribution in [3.05, 3.63) is 94.4 Å². The van der Waals surface area contributed by atoms with E-state index in [1.165, 1.54) is 22.3 Å². The molecule has 5 aromatic rings. The first-order valence-electron chi connectivity index (χ1n) is 12.4. The van der Waals surface area contributed by atoms with Crippen LogP contribution in [0.4, 0.5) is 5.13 Å². The number of aliphatic hydroxyl groups excluding tert-OH is 1. The van der Waals surface area contributed by atoms with Gasteiger partial charge >= 0.3 is 0 Å². The summed E-state index contributed by atoms with van der Waals surface area (Å²) in [6.07, 6.45) is 0. The zero-order valence-corrected chi connectivity index (χ0v) is 22.2. The molecule has 1 amide bonds. The standard InChI is InChI=1S/C30H24N2O6S/c1-4-37-21-14-18(9-10-19(21)33)26-24(27(34)22-13-17-7-5-6-8-20(17)38-22)28(35)29(36)32(26)30-31-25-16(3)11-15(2)12-23(25)39-30/h5-14,26,33,35H,4H2,1-3H3. The molecular weight excluding hydrogens is 516 g/mol. The summed E-state index contributed by atoms with van der Waals surface area (Å²) in [6, 6.07) is 16.3. The van der Waals surface area contributed by atoms with E-state index in [1.807, 2.05) is 38.1 Å². The molecule has 0 aliphatic carbocycles. The Balaban J connectivity index is 1.54. The molecular formula is C30H24N2O6S. The van der Waals surface area contributed by atoms with Crippen LogP contribution in [-0.4, -0.2) is 33.5 Å². The third-order valence-electron chi connectivity index (χ3n) is 6.73. The highest BCUT2D eigenvalue weighted by atomic mass is 32.1. The Hall–Kier alpha value is -4.63. The van der Waals surface area contributed by atoms with Gasteiger partial charge in [-0.1, -0.05) is 41.7 Å². The Morgan fingerprint density at radius 3 is 2.67 bits per heavy atom. The van der Waals surface area contributed by atoms with E-state index < -0.39 is 23.5 Å². The largest absolute Gasteiger partial charge is 0.504 e. The van der Waals surface area contributed by atoms with Gasteiger partial charge in [0.2, 0.25) is 5.78 Å². The number of ether oxygens (including phenoxy) is 1. The van der Waals surface area contributed by atoms with Gasteiger partial charge in [-0.15, -0.1) is 0 Å². The monoisotopic (exact) mass is 540 g/mol. The second-order valence-electron chi connectivity index (χ2n) is 9.40. The van der Waals surface area contributed by atoms with Crippen molar-refractivity contribution >= 4 is 49.3 Å². The van der Waals surface area contributed by atoms with Crippen molar-refractivity contribution in [2.75, 3.05) is 11.5 Å². The summed E-state index contributed by atoms with van der Waals surface area (Å²) >= 11 is 1.30. The van der Waals surface area contributed by atoms with Gasteiger partial charge in [-0.05, 0) is 67.8 Å². The number of aryl methyl sites for hydroxylation is 2. The fourth-order valence-electron chi connectivity index (χ4n) is 5.01. The Kier molecular flexibility index (Phi) is 5.88. The highest BCUT2D eigenvalue weighted by Gasteiger charge is 2.47. The lowest BCUT2D eigenvalue weighted by atomic mass is 9.95. The topological polar surface area (TPSA) is 113 Å². The summed E-state index contributed by atoms with van der Waals surface area (Å²) in [5.41, 5.74) is 3.58. The number of amides is 1. The van der Waals surface area contributed by atoms with E-state index in [0.717, 1.165) is 26.7 Å². The van der Waals surface area contributed by atoms with Crippen molar-refractivity contribution in [3.63, 3.8) is 0 Å². The van der Waals surface area contributed by atoms with Gasteiger partial charge in [0.05, 0.1) is 28.4 Å². The number of aliphatic hydroxyl groups is 1. The van der Waals surface area contributed by atoms with Crippen LogP contribution < -0.4 is 9.64 Å². The molecule has 196 valence electrons. The third kappa shape index (κ3) is 4.02. The van der Waals surface area contributed by atoms with E-state index in [1.54, 1.807) is 37.3 Å². The number of nitrogens with zero attached hydrogens (tertiary/aromatic N) is 2. The summed E-state index contributed by atoms with van der Waals surface area (Å²) in [5.74, 6) is -1.94. The first-order chi connectivity index (χ1) is 18.8. The molecule has 1 unspecified atom stereocenters. The Morgan fingerprint density at radius 2 is 1.90 bits per heavy atom. The number of rotatable bonds is 6. The van der Waals surface area contributed by atoms with E-state index in [4.69, 9.17) is 14.1 Å². The van der Waals surface area contributed by atoms with Crippen LogP contribution >= 0.6 is 11.3 Å². The van der Waals surface area contributed by atoms with Crippen LogP contribution in [0, 0.1) is 13.8 Å². The SMILES string of the molecule is CCOc1cc(C2C(C(=O)c3cc4ccccc4o3)=C(O)C(=O)N2c2nc3c(C)cc(C)cc3s2)ccc1O. The average Bonchev–Trinajstić information content (AvgIpc) is 3.60. The number of phenols is 1. The highest BCUT2D eigenvalue weighted by Crippen LogP contribution is 2.46. The number of thiazole rings is 1. The third-order valence-corrected chi connectivity index (χ3v) is 7.73. The van der Waals surface area contributed by atoms with Crippen LogP contribution in [0.15, 0.2) is 76.4 Å². The highest BCUT2D eigenvalue weighted by molar-refractivity contribution is 7.22. The van der Waals surface area contributed by atoms with Gasteiger partial charge in [0, 0.05) is 5.39 Å². The Morgan fingerprint density at radius 1 is 1.10 bits per heavy atom. The predicted molar refractivity (Wildman–Crippen MR) is 149 cm³/mol. The van der Waals surface area contributed by atoms with Crippen LogP contribution in [0.1, 0.15) is 40.2 Å². The molecule has 8 nitrogen and oxygen atoms in total. The van der Waals surface area contributed by atoms with Crippen LogP contribution in [0.2, 0.25) is 0 Å². The van der Waals surface area contributed by atoms with Gasteiger partial charge in [0.1, 0.15) is 5.58 Å². The zero-order chi connectivity index (χ0) is 27.4. The maximum atomic E-state index is 13.9. The average molecular weight is 541 g/mol. The number of carbonyl (C=O) groups is 2. The van der Waals surface area contributed by atoms with Crippen LogP contribution in [0.25, 0.3) is 21.2 Å². The summed E-state index contributed by atoms with van der Waals surface area (Å²) in [5, 5.41) is 22.5. The van der Waals surface area contributed by atoms with Crippen LogP contribution in [-0.2, 0) is 4.79 Å². The second-order valence-corrected chi connectivity index (χ2v) is 10.4. The van der Waals surface area contributed by atoms with Crippen molar-refractivity contribution < 1.29 is 29.0 Å². The molecule has 2 aromatic heterocycles. The Labute approximate surface area is 227 Å². The predicted octanol–water partition coefficient (Wildman–Crippen LogP) is 6.55. The molecule has 3 aromatic carbocycles. The van der Waals surface area contributed by atoms with Gasteiger partial charge in [0.15, 0.2) is 28.1 Å². The van der Waals surface area contributed by atoms with Crippen molar-refractivity contribution in [2.45, 2.75) is 26.8 Å². The number of para-hydroxylation sites is 1.